The van der Waals surface area contributed by atoms with Gasteiger partial charge in [-0.1, -0.05) is 25.7 Å². The Hall–Kier alpha value is -1.44. The van der Waals surface area contributed by atoms with Crippen LogP contribution in [0.1, 0.15) is 51.0 Å². The number of amides is 1. The zero-order valence-electron chi connectivity index (χ0n) is 14.8. The zero-order chi connectivity index (χ0) is 18.1. The first-order valence-corrected chi connectivity index (χ1v) is 10.5. The van der Waals surface area contributed by atoms with Gasteiger partial charge in [0, 0.05) is 31.2 Å². The third kappa shape index (κ3) is 4.04. The molecule has 1 heterocycles. The Morgan fingerprint density at radius 3 is 2.56 bits per heavy atom. The van der Waals surface area contributed by atoms with Gasteiger partial charge >= 0.3 is 0 Å². The van der Waals surface area contributed by atoms with E-state index in [1.165, 1.54) is 19.8 Å². The van der Waals surface area contributed by atoms with Crippen molar-refractivity contribution in [2.75, 3.05) is 18.0 Å². The maximum Gasteiger partial charge on any atom is 0.240 e. The number of rotatable bonds is 4. The summed E-state index contributed by atoms with van der Waals surface area (Å²) in [7, 11) is -3.60. The average Bonchev–Trinajstić information content (AvgIpc) is 2.88. The Bertz CT molecular complexity index is 753. The maximum atomic E-state index is 12.7. The summed E-state index contributed by atoms with van der Waals surface area (Å²) in [6.45, 7) is 2.40. The van der Waals surface area contributed by atoms with Crippen LogP contribution >= 0.6 is 0 Å². The van der Waals surface area contributed by atoms with Crippen molar-refractivity contribution >= 4 is 21.6 Å². The highest BCUT2D eigenvalue weighted by Gasteiger charge is 2.29. The predicted octanol–water partition coefficient (Wildman–Crippen LogP) is 1.93. The molecule has 0 atom stereocenters. The molecule has 3 rings (SSSR count). The van der Waals surface area contributed by atoms with Crippen molar-refractivity contribution < 1.29 is 13.2 Å². The van der Waals surface area contributed by atoms with Crippen LogP contribution in [-0.4, -0.2) is 33.0 Å². The summed E-state index contributed by atoms with van der Waals surface area (Å²) in [6, 6.07) is 4.97. The molecule has 7 heteroatoms. The molecule has 0 saturated heterocycles. The summed E-state index contributed by atoms with van der Waals surface area (Å²) in [6.07, 6.45) is 6.84. The molecule has 0 aromatic heterocycles. The van der Waals surface area contributed by atoms with E-state index >= 15 is 0 Å². The van der Waals surface area contributed by atoms with Crippen LogP contribution in [-0.2, 0) is 21.2 Å². The lowest BCUT2D eigenvalue weighted by Crippen LogP contribution is -2.49. The number of benzene rings is 1. The highest BCUT2D eigenvalue weighted by Crippen LogP contribution is 2.30. The van der Waals surface area contributed by atoms with Gasteiger partial charge in [-0.3, -0.25) is 4.79 Å². The van der Waals surface area contributed by atoms with Gasteiger partial charge in [0.1, 0.15) is 0 Å². The first-order chi connectivity index (χ1) is 11.8. The Labute approximate surface area is 149 Å². The van der Waals surface area contributed by atoms with Crippen molar-refractivity contribution in [1.29, 1.82) is 0 Å². The van der Waals surface area contributed by atoms with Crippen LogP contribution in [0.3, 0.4) is 0 Å². The van der Waals surface area contributed by atoms with Crippen molar-refractivity contribution in [2.45, 2.75) is 62.3 Å². The molecule has 1 aromatic carbocycles. The van der Waals surface area contributed by atoms with E-state index in [1.807, 2.05) is 0 Å². The molecule has 1 aromatic rings. The van der Waals surface area contributed by atoms with Gasteiger partial charge in [-0.15, -0.1) is 0 Å². The van der Waals surface area contributed by atoms with E-state index in [0.717, 1.165) is 36.9 Å². The molecule has 3 N–H and O–H groups in total. The second-order valence-corrected chi connectivity index (χ2v) is 9.08. The van der Waals surface area contributed by atoms with Crippen LogP contribution < -0.4 is 15.4 Å². The quantitative estimate of drug-likeness (QED) is 0.798. The van der Waals surface area contributed by atoms with Crippen LogP contribution in [0.4, 0.5) is 5.69 Å². The smallest absolute Gasteiger partial charge is 0.240 e. The van der Waals surface area contributed by atoms with E-state index in [2.05, 4.69) is 4.72 Å². The molecule has 0 radical (unpaired) electrons. The minimum Gasteiger partial charge on any atom is -0.324 e. The molecule has 1 saturated carbocycles. The number of hydrogen-bond acceptors (Lipinski definition) is 4. The summed E-state index contributed by atoms with van der Waals surface area (Å²) in [5.41, 5.74) is 7.67. The maximum absolute atomic E-state index is 12.7. The van der Waals surface area contributed by atoms with Gasteiger partial charge in [-0.2, -0.15) is 0 Å². The lowest BCUT2D eigenvalue weighted by atomic mass is 9.92. The van der Waals surface area contributed by atoms with E-state index in [4.69, 9.17) is 5.73 Å². The zero-order valence-corrected chi connectivity index (χ0v) is 15.6. The van der Waals surface area contributed by atoms with Gasteiger partial charge in [0.2, 0.25) is 15.9 Å². The van der Waals surface area contributed by atoms with Gasteiger partial charge in [-0.25, -0.2) is 13.1 Å². The second kappa shape index (κ2) is 7.05. The standard InChI is InChI=1S/C18H27N3O3S/c1-14(22)21-11-8-15-12-16(6-7-17(15)21)25(23,24)20-13-18(19)9-4-2-3-5-10-18/h6-7,12,20H,2-5,8-11,13,19H2,1H3. The van der Waals surface area contributed by atoms with E-state index in [1.54, 1.807) is 23.1 Å². The van der Waals surface area contributed by atoms with Gasteiger partial charge in [0.05, 0.1) is 4.90 Å². The van der Waals surface area contributed by atoms with E-state index < -0.39 is 15.6 Å². The third-order valence-electron chi connectivity index (χ3n) is 5.35. The summed E-state index contributed by atoms with van der Waals surface area (Å²) in [5, 5.41) is 0. The van der Waals surface area contributed by atoms with Crippen molar-refractivity contribution in [1.82, 2.24) is 4.72 Å². The Morgan fingerprint density at radius 1 is 1.24 bits per heavy atom. The topological polar surface area (TPSA) is 92.5 Å². The van der Waals surface area contributed by atoms with Gasteiger partial charge in [0.25, 0.3) is 0 Å². The van der Waals surface area contributed by atoms with Crippen molar-refractivity contribution in [3.8, 4) is 0 Å². The van der Waals surface area contributed by atoms with Crippen LogP contribution in [0.15, 0.2) is 23.1 Å². The number of nitrogens with one attached hydrogen (secondary N) is 1. The molecular weight excluding hydrogens is 338 g/mol. The number of hydrogen-bond donors (Lipinski definition) is 2. The highest BCUT2D eigenvalue weighted by atomic mass is 32.2. The first kappa shape index (κ1) is 18.4. The number of nitrogens with zero attached hydrogens (tertiary/aromatic N) is 1. The van der Waals surface area contributed by atoms with Crippen molar-refractivity contribution in [3.63, 3.8) is 0 Å². The molecule has 0 unspecified atom stereocenters. The highest BCUT2D eigenvalue weighted by molar-refractivity contribution is 7.89. The lowest BCUT2D eigenvalue weighted by molar-refractivity contribution is -0.116. The summed E-state index contributed by atoms with van der Waals surface area (Å²) in [5.74, 6) is -0.0223. The van der Waals surface area contributed by atoms with E-state index in [9.17, 15) is 13.2 Å². The van der Waals surface area contributed by atoms with Gasteiger partial charge < -0.3 is 10.6 Å². The van der Waals surface area contributed by atoms with E-state index in [0.29, 0.717) is 13.0 Å². The molecule has 2 aliphatic rings. The third-order valence-corrected chi connectivity index (χ3v) is 6.75. The van der Waals surface area contributed by atoms with E-state index in [-0.39, 0.29) is 17.3 Å². The Kier molecular flexibility index (Phi) is 5.18. The second-order valence-electron chi connectivity index (χ2n) is 7.31. The largest absolute Gasteiger partial charge is 0.324 e. The number of nitrogens with two attached hydrogens (primary N) is 1. The molecule has 1 aliphatic carbocycles. The molecule has 1 fully saturated rings. The number of sulfonamides is 1. The molecule has 25 heavy (non-hydrogen) atoms. The number of fused-ring (bicyclic) bond motifs is 1. The van der Waals surface area contributed by atoms with Crippen LogP contribution in [0.5, 0.6) is 0 Å². The lowest BCUT2D eigenvalue weighted by Gasteiger charge is -2.28. The number of anilines is 1. The monoisotopic (exact) mass is 365 g/mol. The minimum absolute atomic E-state index is 0.0223. The minimum atomic E-state index is -3.60. The summed E-state index contributed by atoms with van der Waals surface area (Å²) in [4.78, 5) is 13.5. The normalized spacial score (nSPS) is 20.2. The molecule has 6 nitrogen and oxygen atoms in total. The van der Waals surface area contributed by atoms with Crippen LogP contribution in [0, 0.1) is 0 Å². The van der Waals surface area contributed by atoms with Crippen molar-refractivity contribution in [3.05, 3.63) is 23.8 Å². The van der Waals surface area contributed by atoms with Gasteiger partial charge in [0.15, 0.2) is 0 Å². The molecular formula is C18H27N3O3S. The first-order valence-electron chi connectivity index (χ1n) is 9.00. The van der Waals surface area contributed by atoms with Gasteiger partial charge in [-0.05, 0) is 43.0 Å². The predicted molar refractivity (Wildman–Crippen MR) is 98.0 cm³/mol. The van der Waals surface area contributed by atoms with Crippen LogP contribution in [0.25, 0.3) is 0 Å². The fraction of sp³-hybridized carbons (Fsp3) is 0.611. The fourth-order valence-corrected chi connectivity index (χ4v) is 4.99. The molecule has 0 bridgehead atoms. The number of carbonyl (C=O) groups excluding carboxylic acids is 1. The molecule has 0 spiro atoms. The molecule has 1 amide bonds. The SMILES string of the molecule is CC(=O)N1CCc2cc(S(=O)(=O)NCC3(N)CCCCCC3)ccc21. The average molecular weight is 365 g/mol. The molecule has 1 aliphatic heterocycles. The number of carbonyl (C=O) groups is 1. The Morgan fingerprint density at radius 2 is 1.92 bits per heavy atom. The van der Waals surface area contributed by atoms with Crippen LogP contribution in [0.2, 0.25) is 0 Å². The fourth-order valence-electron chi connectivity index (χ4n) is 3.80. The molecule has 138 valence electrons. The Balaban J connectivity index is 1.73. The summed E-state index contributed by atoms with van der Waals surface area (Å²) >= 11 is 0. The summed E-state index contributed by atoms with van der Waals surface area (Å²) < 4.78 is 28.0. The van der Waals surface area contributed by atoms with Crippen molar-refractivity contribution in [2.24, 2.45) is 5.73 Å².